The summed E-state index contributed by atoms with van der Waals surface area (Å²) in [4.78, 5) is 12.0. The van der Waals surface area contributed by atoms with Gasteiger partial charge in [0, 0.05) is 6.61 Å². The minimum Gasteiger partial charge on any atom is -0.378 e. The van der Waals surface area contributed by atoms with Gasteiger partial charge in [-0.05, 0) is 37.5 Å². The van der Waals surface area contributed by atoms with Gasteiger partial charge in [0.25, 0.3) is 0 Å². The standard InChI is InChI=1S/C16H19FN2O2/c17-13-6-7-15(12(10-13)4-3-8-18)19-16(20)11-14-5-1-2-9-21-14/h6-7,10,14H,1-2,5,8-9,11,18H2,(H,19,20). The molecule has 1 aromatic carbocycles. The first-order chi connectivity index (χ1) is 10.2. The van der Waals surface area contributed by atoms with Gasteiger partial charge >= 0.3 is 0 Å². The molecule has 0 radical (unpaired) electrons. The number of ether oxygens (including phenoxy) is 1. The van der Waals surface area contributed by atoms with Crippen molar-refractivity contribution in [1.29, 1.82) is 0 Å². The van der Waals surface area contributed by atoms with Gasteiger partial charge in [-0.25, -0.2) is 4.39 Å². The molecule has 1 aliphatic heterocycles. The highest BCUT2D eigenvalue weighted by Gasteiger charge is 2.18. The fourth-order valence-electron chi connectivity index (χ4n) is 2.25. The number of rotatable bonds is 3. The summed E-state index contributed by atoms with van der Waals surface area (Å²) in [5, 5.41) is 2.77. The summed E-state index contributed by atoms with van der Waals surface area (Å²) in [6.07, 6.45) is 3.31. The lowest BCUT2D eigenvalue weighted by atomic mass is 10.1. The lowest BCUT2D eigenvalue weighted by molar-refractivity contribution is -0.119. The quantitative estimate of drug-likeness (QED) is 0.837. The number of nitrogens with one attached hydrogen (secondary N) is 1. The molecule has 1 fully saturated rings. The summed E-state index contributed by atoms with van der Waals surface area (Å²) in [6.45, 7) is 0.890. The van der Waals surface area contributed by atoms with Crippen molar-refractivity contribution in [1.82, 2.24) is 0 Å². The van der Waals surface area contributed by atoms with Gasteiger partial charge in [-0.2, -0.15) is 0 Å². The molecule has 1 aliphatic rings. The molecule has 2 rings (SSSR count). The first kappa shape index (κ1) is 15.5. The molecule has 1 aromatic rings. The summed E-state index contributed by atoms with van der Waals surface area (Å²) >= 11 is 0. The van der Waals surface area contributed by atoms with Crippen molar-refractivity contribution in [3.05, 3.63) is 29.6 Å². The summed E-state index contributed by atoms with van der Waals surface area (Å²) < 4.78 is 18.8. The fraction of sp³-hybridized carbons (Fsp3) is 0.438. The Morgan fingerprint density at radius 3 is 3.05 bits per heavy atom. The monoisotopic (exact) mass is 290 g/mol. The molecule has 0 bridgehead atoms. The molecule has 0 aliphatic carbocycles. The van der Waals surface area contributed by atoms with Gasteiger partial charge in [0.1, 0.15) is 5.82 Å². The molecule has 4 nitrogen and oxygen atoms in total. The fourth-order valence-corrected chi connectivity index (χ4v) is 2.25. The summed E-state index contributed by atoms with van der Waals surface area (Å²) in [5.74, 6) is 4.88. The van der Waals surface area contributed by atoms with E-state index in [9.17, 15) is 9.18 Å². The molecule has 0 spiro atoms. The van der Waals surface area contributed by atoms with Crippen LogP contribution in [-0.2, 0) is 9.53 Å². The van der Waals surface area contributed by atoms with E-state index >= 15 is 0 Å². The highest BCUT2D eigenvalue weighted by Crippen LogP contribution is 2.19. The van der Waals surface area contributed by atoms with Crippen LogP contribution in [-0.4, -0.2) is 25.2 Å². The first-order valence-electron chi connectivity index (χ1n) is 7.09. The van der Waals surface area contributed by atoms with Gasteiger partial charge < -0.3 is 15.8 Å². The van der Waals surface area contributed by atoms with Crippen molar-refractivity contribution in [3.63, 3.8) is 0 Å². The van der Waals surface area contributed by atoms with Gasteiger partial charge in [0.05, 0.1) is 30.3 Å². The van der Waals surface area contributed by atoms with E-state index in [2.05, 4.69) is 17.2 Å². The maximum absolute atomic E-state index is 13.3. The first-order valence-corrected chi connectivity index (χ1v) is 7.09. The number of amides is 1. The topological polar surface area (TPSA) is 64.3 Å². The summed E-state index contributed by atoms with van der Waals surface area (Å²) in [6, 6.07) is 4.09. The van der Waals surface area contributed by atoms with Gasteiger partial charge in [-0.3, -0.25) is 4.79 Å². The van der Waals surface area contributed by atoms with Crippen LogP contribution in [0.4, 0.5) is 10.1 Å². The molecule has 112 valence electrons. The molecule has 1 atom stereocenters. The predicted molar refractivity (Wildman–Crippen MR) is 79.2 cm³/mol. The Balaban J connectivity index is 2.02. The number of nitrogens with two attached hydrogens (primary N) is 1. The third kappa shape index (κ3) is 4.85. The highest BCUT2D eigenvalue weighted by molar-refractivity contribution is 5.92. The number of benzene rings is 1. The zero-order chi connectivity index (χ0) is 15.1. The SMILES string of the molecule is NCC#Cc1cc(F)ccc1NC(=O)CC1CCCCO1. The minimum absolute atomic E-state index is 0.0298. The van der Waals surface area contributed by atoms with Crippen LogP contribution in [0.1, 0.15) is 31.2 Å². The van der Waals surface area contributed by atoms with E-state index in [1.165, 1.54) is 18.2 Å². The number of halogens is 1. The van der Waals surface area contributed by atoms with Crippen LogP contribution in [0.3, 0.4) is 0 Å². The lowest BCUT2D eigenvalue weighted by Crippen LogP contribution is -2.25. The van der Waals surface area contributed by atoms with Crippen LogP contribution in [0.5, 0.6) is 0 Å². The van der Waals surface area contributed by atoms with E-state index < -0.39 is 5.82 Å². The van der Waals surface area contributed by atoms with Crippen LogP contribution >= 0.6 is 0 Å². The van der Waals surface area contributed by atoms with Crippen LogP contribution in [0, 0.1) is 17.7 Å². The molecule has 1 amide bonds. The van der Waals surface area contributed by atoms with Gasteiger partial charge in [-0.1, -0.05) is 11.8 Å². The van der Waals surface area contributed by atoms with Crippen molar-refractivity contribution in [2.24, 2.45) is 5.73 Å². The third-order valence-electron chi connectivity index (χ3n) is 3.27. The van der Waals surface area contributed by atoms with Crippen molar-refractivity contribution in [3.8, 4) is 11.8 Å². The van der Waals surface area contributed by atoms with Crippen molar-refractivity contribution >= 4 is 11.6 Å². The van der Waals surface area contributed by atoms with Gasteiger partial charge in [-0.15, -0.1) is 0 Å². The molecular weight excluding hydrogens is 271 g/mol. The molecule has 1 saturated heterocycles. The van der Waals surface area contributed by atoms with E-state index in [4.69, 9.17) is 10.5 Å². The second kappa shape index (κ2) is 7.77. The normalized spacial score (nSPS) is 17.7. The van der Waals surface area contributed by atoms with E-state index in [1.807, 2.05) is 0 Å². The maximum atomic E-state index is 13.3. The van der Waals surface area contributed by atoms with E-state index in [-0.39, 0.29) is 18.6 Å². The van der Waals surface area contributed by atoms with Gasteiger partial charge in [0.15, 0.2) is 0 Å². The summed E-state index contributed by atoms with van der Waals surface area (Å²) in [5.41, 5.74) is 6.25. The van der Waals surface area contributed by atoms with Crippen LogP contribution in [0.2, 0.25) is 0 Å². The minimum atomic E-state index is -0.398. The highest BCUT2D eigenvalue weighted by atomic mass is 19.1. The molecule has 21 heavy (non-hydrogen) atoms. The molecule has 1 heterocycles. The Bertz CT molecular complexity index is 557. The molecule has 0 aromatic heterocycles. The average Bonchev–Trinajstić information content (AvgIpc) is 2.48. The van der Waals surface area contributed by atoms with E-state index in [0.717, 1.165) is 19.3 Å². The smallest absolute Gasteiger partial charge is 0.227 e. The Hall–Kier alpha value is -1.90. The Kier molecular flexibility index (Phi) is 5.73. The van der Waals surface area contributed by atoms with Crippen molar-refractivity contribution in [2.75, 3.05) is 18.5 Å². The second-order valence-electron chi connectivity index (χ2n) is 4.94. The number of carbonyl (C=O) groups excluding carboxylic acids is 1. The third-order valence-corrected chi connectivity index (χ3v) is 3.27. The number of hydrogen-bond donors (Lipinski definition) is 2. The largest absolute Gasteiger partial charge is 0.378 e. The van der Waals surface area contributed by atoms with Crippen LogP contribution in [0.25, 0.3) is 0 Å². The molecule has 3 N–H and O–H groups in total. The zero-order valence-electron chi connectivity index (χ0n) is 11.8. The molecule has 5 heteroatoms. The maximum Gasteiger partial charge on any atom is 0.227 e. The number of carbonyl (C=O) groups is 1. The van der Waals surface area contributed by atoms with Crippen molar-refractivity contribution in [2.45, 2.75) is 31.8 Å². The van der Waals surface area contributed by atoms with E-state index in [0.29, 0.717) is 24.3 Å². The van der Waals surface area contributed by atoms with E-state index in [1.54, 1.807) is 0 Å². The molecule has 1 unspecified atom stereocenters. The number of anilines is 1. The van der Waals surface area contributed by atoms with Gasteiger partial charge in [0.2, 0.25) is 5.91 Å². The lowest BCUT2D eigenvalue weighted by Gasteiger charge is -2.22. The Morgan fingerprint density at radius 2 is 2.33 bits per heavy atom. The summed E-state index contributed by atoms with van der Waals surface area (Å²) in [7, 11) is 0. The average molecular weight is 290 g/mol. The zero-order valence-corrected chi connectivity index (χ0v) is 11.8. The Labute approximate surface area is 123 Å². The van der Waals surface area contributed by atoms with Crippen molar-refractivity contribution < 1.29 is 13.9 Å². The predicted octanol–water partition coefficient (Wildman–Crippen LogP) is 2.03. The number of hydrogen-bond acceptors (Lipinski definition) is 3. The second-order valence-corrected chi connectivity index (χ2v) is 4.94. The molecular formula is C16H19FN2O2. The van der Waals surface area contributed by atoms with Crippen LogP contribution < -0.4 is 11.1 Å². The Morgan fingerprint density at radius 1 is 1.48 bits per heavy atom. The van der Waals surface area contributed by atoms with Crippen LogP contribution in [0.15, 0.2) is 18.2 Å². The molecule has 0 saturated carbocycles.